The quantitative estimate of drug-likeness (QED) is 0.851. The van der Waals surface area contributed by atoms with Crippen molar-refractivity contribution in [3.05, 3.63) is 58.5 Å². The van der Waals surface area contributed by atoms with Gasteiger partial charge in [-0.25, -0.2) is 4.68 Å². The minimum absolute atomic E-state index is 0.0726. The maximum Gasteiger partial charge on any atom is 0.268 e. The first-order valence-electron chi connectivity index (χ1n) is 8.16. The van der Waals surface area contributed by atoms with E-state index in [9.17, 15) is 4.79 Å². The van der Waals surface area contributed by atoms with Gasteiger partial charge in [0.25, 0.3) is 5.56 Å². The molecule has 1 aromatic heterocycles. The van der Waals surface area contributed by atoms with Gasteiger partial charge >= 0.3 is 0 Å². The van der Waals surface area contributed by atoms with Gasteiger partial charge in [0, 0.05) is 26.3 Å². The molecule has 1 aromatic carbocycles. The Kier molecular flexibility index (Phi) is 5.08. The van der Waals surface area contributed by atoms with Gasteiger partial charge in [-0.1, -0.05) is 30.3 Å². The van der Waals surface area contributed by atoms with Crippen LogP contribution in [0.3, 0.4) is 0 Å². The normalized spacial score (nSPS) is 17.9. The Labute approximate surface area is 136 Å². The predicted octanol–water partition coefficient (Wildman–Crippen LogP) is 2.45. The molecule has 3 rings (SSSR count). The highest BCUT2D eigenvalue weighted by atomic mass is 16.5. The number of aromatic nitrogens is 2. The van der Waals surface area contributed by atoms with Crippen molar-refractivity contribution in [2.75, 3.05) is 18.6 Å². The molecule has 1 fully saturated rings. The Balaban J connectivity index is 1.67. The Bertz CT molecular complexity index is 678. The molecule has 5 nitrogen and oxygen atoms in total. The Morgan fingerprint density at radius 1 is 1.30 bits per heavy atom. The van der Waals surface area contributed by atoms with Crippen LogP contribution in [-0.4, -0.2) is 29.5 Å². The second-order valence-corrected chi connectivity index (χ2v) is 6.06. The van der Waals surface area contributed by atoms with E-state index in [0.29, 0.717) is 6.54 Å². The molecule has 2 aromatic rings. The van der Waals surface area contributed by atoms with Crippen molar-refractivity contribution in [1.29, 1.82) is 0 Å². The topological polar surface area (TPSA) is 47.4 Å². The zero-order valence-corrected chi connectivity index (χ0v) is 13.5. The highest BCUT2D eigenvalue weighted by Gasteiger charge is 2.16. The predicted molar refractivity (Wildman–Crippen MR) is 90.6 cm³/mol. The number of rotatable bonds is 5. The second-order valence-electron chi connectivity index (χ2n) is 6.06. The van der Waals surface area contributed by atoms with Crippen LogP contribution in [0.15, 0.2) is 47.4 Å². The van der Waals surface area contributed by atoms with E-state index >= 15 is 0 Å². The number of ether oxygens (including phenoxy) is 1. The van der Waals surface area contributed by atoms with Crippen molar-refractivity contribution in [2.24, 2.45) is 0 Å². The molecule has 5 heteroatoms. The SMILES string of the molecule is CN(Cc1ccccc1)c1cnn(CC2CCCCO2)c(=O)c1. The minimum atomic E-state index is -0.0726. The van der Waals surface area contributed by atoms with Gasteiger partial charge in [0.2, 0.25) is 0 Å². The number of benzene rings is 1. The van der Waals surface area contributed by atoms with Gasteiger partial charge in [-0.05, 0) is 24.8 Å². The first-order valence-corrected chi connectivity index (χ1v) is 8.16. The fourth-order valence-corrected chi connectivity index (χ4v) is 2.86. The summed E-state index contributed by atoms with van der Waals surface area (Å²) in [4.78, 5) is 14.3. The summed E-state index contributed by atoms with van der Waals surface area (Å²) < 4.78 is 7.19. The Hall–Kier alpha value is -2.14. The fourth-order valence-electron chi connectivity index (χ4n) is 2.86. The van der Waals surface area contributed by atoms with E-state index in [0.717, 1.165) is 38.1 Å². The lowest BCUT2D eigenvalue weighted by atomic mass is 10.1. The van der Waals surface area contributed by atoms with E-state index in [1.165, 1.54) is 10.2 Å². The first kappa shape index (κ1) is 15.7. The van der Waals surface area contributed by atoms with Gasteiger partial charge in [-0.2, -0.15) is 5.10 Å². The van der Waals surface area contributed by atoms with Crippen molar-refractivity contribution in [1.82, 2.24) is 9.78 Å². The third-order valence-corrected chi connectivity index (χ3v) is 4.21. The molecule has 1 atom stereocenters. The zero-order chi connectivity index (χ0) is 16.1. The smallest absolute Gasteiger partial charge is 0.268 e. The average Bonchev–Trinajstić information content (AvgIpc) is 2.58. The van der Waals surface area contributed by atoms with Crippen molar-refractivity contribution >= 4 is 5.69 Å². The van der Waals surface area contributed by atoms with E-state index < -0.39 is 0 Å². The highest BCUT2D eigenvalue weighted by molar-refractivity contribution is 5.42. The molecule has 122 valence electrons. The number of anilines is 1. The molecule has 0 N–H and O–H groups in total. The molecule has 0 bridgehead atoms. The van der Waals surface area contributed by atoms with Crippen LogP contribution in [-0.2, 0) is 17.8 Å². The molecule has 1 aliphatic rings. The molecular formula is C18H23N3O2. The van der Waals surface area contributed by atoms with Gasteiger partial charge in [-0.15, -0.1) is 0 Å². The Morgan fingerprint density at radius 3 is 2.83 bits per heavy atom. The molecule has 2 heterocycles. The third-order valence-electron chi connectivity index (χ3n) is 4.21. The fraction of sp³-hybridized carbons (Fsp3) is 0.444. The maximum absolute atomic E-state index is 12.3. The van der Waals surface area contributed by atoms with E-state index in [1.54, 1.807) is 12.3 Å². The molecule has 0 radical (unpaired) electrons. The van der Waals surface area contributed by atoms with Crippen molar-refractivity contribution in [3.8, 4) is 0 Å². The largest absolute Gasteiger partial charge is 0.376 e. The lowest BCUT2D eigenvalue weighted by Gasteiger charge is -2.23. The summed E-state index contributed by atoms with van der Waals surface area (Å²) in [5.41, 5.74) is 1.96. The summed E-state index contributed by atoms with van der Waals surface area (Å²) in [6, 6.07) is 11.8. The zero-order valence-electron chi connectivity index (χ0n) is 13.5. The first-order chi connectivity index (χ1) is 11.2. The van der Waals surface area contributed by atoms with E-state index in [2.05, 4.69) is 17.2 Å². The van der Waals surface area contributed by atoms with Crippen LogP contribution in [0.2, 0.25) is 0 Å². The van der Waals surface area contributed by atoms with E-state index in [1.807, 2.05) is 30.1 Å². The van der Waals surface area contributed by atoms with Crippen LogP contribution in [0.25, 0.3) is 0 Å². The molecular weight excluding hydrogens is 290 g/mol. The molecule has 1 saturated heterocycles. The molecule has 0 amide bonds. The van der Waals surface area contributed by atoms with Gasteiger partial charge in [0.05, 0.1) is 24.5 Å². The summed E-state index contributed by atoms with van der Waals surface area (Å²) in [5, 5.41) is 4.32. The van der Waals surface area contributed by atoms with Crippen molar-refractivity contribution < 1.29 is 4.74 Å². The van der Waals surface area contributed by atoms with Crippen molar-refractivity contribution in [2.45, 2.75) is 38.5 Å². The van der Waals surface area contributed by atoms with Crippen LogP contribution in [0, 0.1) is 0 Å². The summed E-state index contributed by atoms with van der Waals surface area (Å²) >= 11 is 0. The minimum Gasteiger partial charge on any atom is -0.376 e. The molecule has 0 spiro atoms. The van der Waals surface area contributed by atoms with Crippen LogP contribution in [0.1, 0.15) is 24.8 Å². The standard InChI is InChI=1S/C18H23N3O2/c1-20(13-15-7-3-2-4-8-15)16-11-18(22)21(19-12-16)14-17-9-5-6-10-23-17/h2-4,7-8,11-12,17H,5-6,9-10,13-14H2,1H3. The van der Waals surface area contributed by atoms with Gasteiger partial charge in [-0.3, -0.25) is 4.79 Å². The summed E-state index contributed by atoms with van der Waals surface area (Å²) in [5.74, 6) is 0. The highest BCUT2D eigenvalue weighted by Crippen LogP contribution is 2.15. The van der Waals surface area contributed by atoms with Crippen LogP contribution in [0.5, 0.6) is 0 Å². The van der Waals surface area contributed by atoms with Crippen LogP contribution >= 0.6 is 0 Å². The number of nitrogens with zero attached hydrogens (tertiary/aromatic N) is 3. The lowest BCUT2D eigenvalue weighted by Crippen LogP contribution is -2.32. The Morgan fingerprint density at radius 2 is 2.13 bits per heavy atom. The number of hydrogen-bond acceptors (Lipinski definition) is 4. The van der Waals surface area contributed by atoms with Gasteiger partial charge < -0.3 is 9.64 Å². The lowest BCUT2D eigenvalue weighted by molar-refractivity contribution is 0.00315. The number of hydrogen-bond donors (Lipinski definition) is 0. The monoisotopic (exact) mass is 313 g/mol. The van der Waals surface area contributed by atoms with E-state index in [-0.39, 0.29) is 11.7 Å². The second kappa shape index (κ2) is 7.42. The molecule has 23 heavy (non-hydrogen) atoms. The molecule has 1 unspecified atom stereocenters. The van der Waals surface area contributed by atoms with E-state index in [4.69, 9.17) is 4.74 Å². The summed E-state index contributed by atoms with van der Waals surface area (Å²) in [6.45, 7) is 2.08. The average molecular weight is 313 g/mol. The van der Waals surface area contributed by atoms with Crippen LogP contribution < -0.4 is 10.5 Å². The molecule has 0 aliphatic carbocycles. The molecule has 1 aliphatic heterocycles. The molecule has 0 saturated carbocycles. The van der Waals surface area contributed by atoms with Crippen molar-refractivity contribution in [3.63, 3.8) is 0 Å². The van der Waals surface area contributed by atoms with Crippen LogP contribution in [0.4, 0.5) is 5.69 Å². The van der Waals surface area contributed by atoms with Gasteiger partial charge in [0.15, 0.2) is 0 Å². The summed E-state index contributed by atoms with van der Waals surface area (Å²) in [7, 11) is 1.97. The maximum atomic E-state index is 12.3. The van der Waals surface area contributed by atoms with Gasteiger partial charge in [0.1, 0.15) is 0 Å². The summed E-state index contributed by atoms with van der Waals surface area (Å²) in [6.07, 6.45) is 5.15. The third kappa shape index (κ3) is 4.20.